The SMILES string of the molecule is CC1(C)OCC[C@@H](CC=O)O1. The van der Waals surface area contributed by atoms with Gasteiger partial charge in [-0.15, -0.1) is 0 Å². The van der Waals surface area contributed by atoms with Crippen molar-refractivity contribution < 1.29 is 14.3 Å². The van der Waals surface area contributed by atoms with Crippen LogP contribution in [0, 0.1) is 0 Å². The van der Waals surface area contributed by atoms with Crippen molar-refractivity contribution in [2.24, 2.45) is 0 Å². The highest BCUT2D eigenvalue weighted by Gasteiger charge is 2.28. The van der Waals surface area contributed by atoms with Crippen molar-refractivity contribution in [3.05, 3.63) is 0 Å². The molecule has 0 N–H and O–H groups in total. The van der Waals surface area contributed by atoms with E-state index in [9.17, 15) is 4.79 Å². The smallest absolute Gasteiger partial charge is 0.163 e. The van der Waals surface area contributed by atoms with E-state index in [0.29, 0.717) is 13.0 Å². The zero-order valence-electron chi connectivity index (χ0n) is 7.00. The van der Waals surface area contributed by atoms with E-state index in [1.807, 2.05) is 13.8 Å². The summed E-state index contributed by atoms with van der Waals surface area (Å²) in [5.41, 5.74) is 0. The number of hydrogen-bond acceptors (Lipinski definition) is 3. The van der Waals surface area contributed by atoms with Crippen LogP contribution >= 0.6 is 0 Å². The number of rotatable bonds is 2. The third-order valence-electron chi connectivity index (χ3n) is 1.70. The molecule has 0 radical (unpaired) electrons. The molecule has 64 valence electrons. The molecule has 1 heterocycles. The zero-order chi connectivity index (χ0) is 8.32. The predicted octanol–water partition coefficient (Wildman–Crippen LogP) is 1.12. The highest BCUT2D eigenvalue weighted by atomic mass is 16.7. The van der Waals surface area contributed by atoms with Gasteiger partial charge in [0.15, 0.2) is 5.79 Å². The summed E-state index contributed by atoms with van der Waals surface area (Å²) in [7, 11) is 0. The lowest BCUT2D eigenvalue weighted by atomic mass is 10.1. The number of ether oxygens (including phenoxy) is 2. The second kappa shape index (κ2) is 3.32. The van der Waals surface area contributed by atoms with Crippen LogP contribution in [-0.4, -0.2) is 24.8 Å². The van der Waals surface area contributed by atoms with Crippen molar-refractivity contribution >= 4 is 6.29 Å². The number of aldehydes is 1. The van der Waals surface area contributed by atoms with Crippen LogP contribution < -0.4 is 0 Å². The normalized spacial score (nSPS) is 29.8. The molecular formula is C8H14O3. The fourth-order valence-corrected chi connectivity index (χ4v) is 1.20. The Morgan fingerprint density at radius 1 is 1.64 bits per heavy atom. The minimum Gasteiger partial charge on any atom is -0.350 e. The van der Waals surface area contributed by atoms with Gasteiger partial charge in [0.1, 0.15) is 6.29 Å². The van der Waals surface area contributed by atoms with Crippen LogP contribution in [0.25, 0.3) is 0 Å². The summed E-state index contributed by atoms with van der Waals surface area (Å²) in [6.07, 6.45) is 2.25. The Balaban J connectivity index is 2.39. The maximum absolute atomic E-state index is 10.2. The summed E-state index contributed by atoms with van der Waals surface area (Å²) in [5.74, 6) is -0.508. The van der Waals surface area contributed by atoms with E-state index in [1.54, 1.807) is 0 Å². The van der Waals surface area contributed by atoms with E-state index in [-0.39, 0.29) is 6.10 Å². The Kier molecular flexibility index (Phi) is 2.62. The lowest BCUT2D eigenvalue weighted by Gasteiger charge is -2.35. The third-order valence-corrected chi connectivity index (χ3v) is 1.70. The average Bonchev–Trinajstić information content (AvgIpc) is 1.85. The maximum atomic E-state index is 10.2. The van der Waals surface area contributed by atoms with E-state index in [2.05, 4.69) is 0 Å². The van der Waals surface area contributed by atoms with Crippen LogP contribution in [0.2, 0.25) is 0 Å². The van der Waals surface area contributed by atoms with Gasteiger partial charge in [-0.25, -0.2) is 0 Å². The molecule has 3 nitrogen and oxygen atoms in total. The van der Waals surface area contributed by atoms with Crippen molar-refractivity contribution in [3.63, 3.8) is 0 Å². The second-order valence-corrected chi connectivity index (χ2v) is 3.18. The molecule has 0 unspecified atom stereocenters. The van der Waals surface area contributed by atoms with Gasteiger partial charge in [0.25, 0.3) is 0 Å². The monoisotopic (exact) mass is 158 g/mol. The van der Waals surface area contributed by atoms with Gasteiger partial charge in [-0.1, -0.05) is 0 Å². The van der Waals surface area contributed by atoms with E-state index in [0.717, 1.165) is 12.7 Å². The Labute approximate surface area is 66.7 Å². The molecule has 3 heteroatoms. The number of carbonyl (C=O) groups excluding carboxylic acids is 1. The summed E-state index contributed by atoms with van der Waals surface area (Å²) >= 11 is 0. The van der Waals surface area contributed by atoms with Gasteiger partial charge in [-0.3, -0.25) is 0 Å². The van der Waals surface area contributed by atoms with Gasteiger partial charge in [0.05, 0.1) is 12.7 Å². The molecule has 1 rings (SSSR count). The number of carbonyl (C=O) groups is 1. The lowest BCUT2D eigenvalue weighted by Crippen LogP contribution is -2.39. The molecule has 0 bridgehead atoms. The van der Waals surface area contributed by atoms with Gasteiger partial charge in [0.2, 0.25) is 0 Å². The van der Waals surface area contributed by atoms with Crippen molar-refractivity contribution in [2.45, 2.75) is 38.6 Å². The van der Waals surface area contributed by atoms with E-state index < -0.39 is 5.79 Å². The molecule has 1 atom stereocenters. The minimum atomic E-state index is -0.508. The Hall–Kier alpha value is -0.410. The second-order valence-electron chi connectivity index (χ2n) is 3.18. The van der Waals surface area contributed by atoms with Gasteiger partial charge in [-0.05, 0) is 20.3 Å². The summed E-state index contributed by atoms with van der Waals surface area (Å²) in [4.78, 5) is 10.2. The molecule has 11 heavy (non-hydrogen) atoms. The van der Waals surface area contributed by atoms with Crippen LogP contribution in [0.1, 0.15) is 26.7 Å². The fraction of sp³-hybridized carbons (Fsp3) is 0.875. The molecule has 0 saturated carbocycles. The van der Waals surface area contributed by atoms with E-state index in [1.165, 1.54) is 0 Å². The van der Waals surface area contributed by atoms with Crippen molar-refractivity contribution in [3.8, 4) is 0 Å². The molecule has 0 aromatic heterocycles. The molecule has 1 aliphatic heterocycles. The van der Waals surface area contributed by atoms with Crippen LogP contribution in [0.5, 0.6) is 0 Å². The van der Waals surface area contributed by atoms with Crippen LogP contribution in [0.4, 0.5) is 0 Å². The maximum Gasteiger partial charge on any atom is 0.163 e. The van der Waals surface area contributed by atoms with Gasteiger partial charge < -0.3 is 14.3 Å². The Bertz CT molecular complexity index is 142. The first-order valence-corrected chi connectivity index (χ1v) is 3.89. The summed E-state index contributed by atoms with van der Waals surface area (Å²) in [6.45, 7) is 4.42. The average molecular weight is 158 g/mol. The fourth-order valence-electron chi connectivity index (χ4n) is 1.20. The first kappa shape index (κ1) is 8.68. The van der Waals surface area contributed by atoms with Crippen molar-refractivity contribution in [2.75, 3.05) is 6.61 Å². The third kappa shape index (κ3) is 2.60. The van der Waals surface area contributed by atoms with Gasteiger partial charge in [0, 0.05) is 6.42 Å². The molecule has 0 amide bonds. The topological polar surface area (TPSA) is 35.5 Å². The highest BCUT2D eigenvalue weighted by Crippen LogP contribution is 2.22. The van der Waals surface area contributed by atoms with E-state index >= 15 is 0 Å². The van der Waals surface area contributed by atoms with E-state index in [4.69, 9.17) is 9.47 Å². The molecule has 1 saturated heterocycles. The van der Waals surface area contributed by atoms with Gasteiger partial charge in [-0.2, -0.15) is 0 Å². The molecule has 0 aromatic carbocycles. The molecule has 0 aliphatic carbocycles. The lowest BCUT2D eigenvalue weighted by molar-refractivity contribution is -0.272. The highest BCUT2D eigenvalue weighted by molar-refractivity contribution is 5.50. The molecule has 1 aliphatic rings. The first-order chi connectivity index (χ1) is 5.14. The standard InChI is InChI=1S/C8H14O3/c1-8(2)10-6-4-7(11-8)3-5-9/h5,7H,3-4,6H2,1-2H3/t7-/m1/s1. The van der Waals surface area contributed by atoms with Crippen LogP contribution in [-0.2, 0) is 14.3 Å². The summed E-state index contributed by atoms with van der Waals surface area (Å²) < 4.78 is 10.8. The molecule has 0 spiro atoms. The predicted molar refractivity (Wildman–Crippen MR) is 40.2 cm³/mol. The minimum absolute atomic E-state index is 0.0521. The van der Waals surface area contributed by atoms with Crippen molar-refractivity contribution in [1.82, 2.24) is 0 Å². The van der Waals surface area contributed by atoms with Crippen molar-refractivity contribution in [1.29, 1.82) is 0 Å². The zero-order valence-corrected chi connectivity index (χ0v) is 7.00. The summed E-state index contributed by atoms with van der Waals surface area (Å²) in [6, 6.07) is 0. The number of hydrogen-bond donors (Lipinski definition) is 0. The Morgan fingerprint density at radius 2 is 2.36 bits per heavy atom. The Morgan fingerprint density at radius 3 is 2.91 bits per heavy atom. The summed E-state index contributed by atoms with van der Waals surface area (Å²) in [5, 5.41) is 0. The molecule has 0 aromatic rings. The van der Waals surface area contributed by atoms with Crippen LogP contribution in [0.15, 0.2) is 0 Å². The quantitative estimate of drug-likeness (QED) is 0.565. The molecule has 1 fully saturated rings. The largest absolute Gasteiger partial charge is 0.350 e. The van der Waals surface area contributed by atoms with Crippen LogP contribution in [0.3, 0.4) is 0 Å². The molecular weight excluding hydrogens is 144 g/mol. The first-order valence-electron chi connectivity index (χ1n) is 3.89. The van der Waals surface area contributed by atoms with Gasteiger partial charge >= 0.3 is 0 Å².